The number of hydrogen-bond acceptors (Lipinski definition) is 4. The molecule has 0 spiro atoms. The van der Waals surface area contributed by atoms with E-state index in [1.54, 1.807) is 30.3 Å². The first-order valence-electron chi connectivity index (χ1n) is 7.28. The third-order valence-electron chi connectivity index (χ3n) is 3.71. The van der Waals surface area contributed by atoms with Crippen LogP contribution in [0.25, 0.3) is 0 Å². The number of hydrogen-bond donors (Lipinski definition) is 2. The van der Waals surface area contributed by atoms with Crippen LogP contribution in [-0.2, 0) is 4.79 Å². The lowest BCUT2D eigenvalue weighted by Crippen LogP contribution is -2.30. The predicted octanol–water partition coefficient (Wildman–Crippen LogP) is 3.15. The number of carbonyl (C=O) groups is 2. The Labute approximate surface area is 137 Å². The summed E-state index contributed by atoms with van der Waals surface area (Å²) < 4.78 is 5.15. The quantitative estimate of drug-likeness (QED) is 0.846. The molecule has 1 heterocycles. The molecule has 1 fully saturated rings. The number of carboxylic acid groups (broad SMARTS) is 1. The molecule has 2 aromatic rings. The highest BCUT2D eigenvalue weighted by molar-refractivity contribution is 6.31. The van der Waals surface area contributed by atoms with E-state index in [2.05, 4.69) is 10.5 Å². The zero-order valence-corrected chi connectivity index (χ0v) is 12.9. The van der Waals surface area contributed by atoms with Gasteiger partial charge in [0.15, 0.2) is 5.69 Å². The molecular formula is C16H15ClN2O4. The van der Waals surface area contributed by atoms with Gasteiger partial charge in [-0.15, -0.1) is 0 Å². The molecule has 3 rings (SSSR count). The predicted molar refractivity (Wildman–Crippen MR) is 82.4 cm³/mol. The number of carbonyl (C=O) groups excluding carboxylic acids is 1. The minimum atomic E-state index is -1.03. The zero-order chi connectivity index (χ0) is 16.4. The van der Waals surface area contributed by atoms with Gasteiger partial charge < -0.3 is 14.9 Å². The minimum Gasteiger partial charge on any atom is -0.481 e. The fourth-order valence-corrected chi connectivity index (χ4v) is 2.63. The molecule has 0 saturated heterocycles. The molecule has 2 N–H and O–H groups in total. The maximum absolute atomic E-state index is 12.3. The summed E-state index contributed by atoms with van der Waals surface area (Å²) in [6, 6.07) is 7.69. The highest BCUT2D eigenvalue weighted by Gasteiger charge is 2.29. The van der Waals surface area contributed by atoms with Gasteiger partial charge in [-0.25, -0.2) is 0 Å². The second kappa shape index (κ2) is 6.42. The van der Waals surface area contributed by atoms with E-state index in [0.717, 1.165) is 12.8 Å². The molecule has 1 aliphatic carbocycles. The zero-order valence-electron chi connectivity index (χ0n) is 12.2. The Balaban J connectivity index is 1.78. The van der Waals surface area contributed by atoms with Crippen molar-refractivity contribution in [1.29, 1.82) is 0 Å². The van der Waals surface area contributed by atoms with Gasteiger partial charge >= 0.3 is 5.97 Å². The largest absolute Gasteiger partial charge is 0.481 e. The van der Waals surface area contributed by atoms with Gasteiger partial charge in [0, 0.05) is 17.0 Å². The Morgan fingerprint density at radius 3 is 2.78 bits per heavy atom. The van der Waals surface area contributed by atoms with Gasteiger partial charge in [-0.2, -0.15) is 0 Å². The fraction of sp³-hybridized carbons (Fsp3) is 0.312. The Kier molecular flexibility index (Phi) is 4.34. The minimum absolute atomic E-state index is 0.148. The molecule has 120 valence electrons. The SMILES string of the molecule is O=C(O)CC(NC(=O)c1cc(C2CC2)on1)c1ccccc1Cl. The maximum atomic E-state index is 12.3. The number of aliphatic carboxylic acids is 1. The summed E-state index contributed by atoms with van der Waals surface area (Å²) in [5.74, 6) is -0.467. The van der Waals surface area contributed by atoms with Crippen LogP contribution in [0.3, 0.4) is 0 Å². The van der Waals surface area contributed by atoms with Crippen molar-refractivity contribution < 1.29 is 19.2 Å². The summed E-state index contributed by atoms with van der Waals surface area (Å²) in [5, 5.41) is 15.9. The topological polar surface area (TPSA) is 92.4 Å². The van der Waals surface area contributed by atoms with Crippen LogP contribution in [0.15, 0.2) is 34.9 Å². The standard InChI is InChI=1S/C16H15ClN2O4/c17-11-4-2-1-3-10(11)12(8-15(20)21)18-16(22)13-7-14(23-19-13)9-5-6-9/h1-4,7,9,12H,5-6,8H2,(H,18,22)(H,20,21). The van der Waals surface area contributed by atoms with Crippen LogP contribution >= 0.6 is 11.6 Å². The van der Waals surface area contributed by atoms with Crippen LogP contribution < -0.4 is 5.32 Å². The lowest BCUT2D eigenvalue weighted by atomic mass is 10.0. The number of aromatic nitrogens is 1. The van der Waals surface area contributed by atoms with Crippen LogP contribution in [0.2, 0.25) is 5.02 Å². The Hall–Kier alpha value is -2.34. The molecule has 1 aromatic carbocycles. The van der Waals surface area contributed by atoms with E-state index < -0.39 is 17.9 Å². The van der Waals surface area contributed by atoms with Crippen LogP contribution in [0.5, 0.6) is 0 Å². The maximum Gasteiger partial charge on any atom is 0.305 e. The fourth-order valence-electron chi connectivity index (χ4n) is 2.36. The molecule has 1 amide bonds. The lowest BCUT2D eigenvalue weighted by Gasteiger charge is -2.17. The molecule has 1 aliphatic rings. The summed E-state index contributed by atoms with van der Waals surface area (Å²) in [7, 11) is 0. The van der Waals surface area contributed by atoms with Gasteiger partial charge in [-0.1, -0.05) is 35.0 Å². The average molecular weight is 335 g/mol. The highest BCUT2D eigenvalue weighted by Crippen LogP contribution is 2.40. The van der Waals surface area contributed by atoms with E-state index >= 15 is 0 Å². The van der Waals surface area contributed by atoms with Gasteiger partial charge in [-0.05, 0) is 24.5 Å². The molecule has 1 atom stereocenters. The number of benzene rings is 1. The first-order valence-corrected chi connectivity index (χ1v) is 7.66. The summed E-state index contributed by atoms with van der Waals surface area (Å²) >= 11 is 6.11. The van der Waals surface area contributed by atoms with Crippen molar-refractivity contribution in [3.63, 3.8) is 0 Å². The van der Waals surface area contributed by atoms with Gasteiger partial charge in [0.25, 0.3) is 5.91 Å². The van der Waals surface area contributed by atoms with Crippen molar-refractivity contribution in [2.75, 3.05) is 0 Å². The number of rotatable bonds is 6. The van der Waals surface area contributed by atoms with E-state index in [0.29, 0.717) is 22.3 Å². The number of nitrogens with one attached hydrogen (secondary N) is 1. The summed E-state index contributed by atoms with van der Waals surface area (Å²) in [5.41, 5.74) is 0.699. The van der Waals surface area contributed by atoms with E-state index in [4.69, 9.17) is 21.2 Å². The molecule has 1 aromatic heterocycles. The lowest BCUT2D eigenvalue weighted by molar-refractivity contribution is -0.137. The smallest absolute Gasteiger partial charge is 0.305 e. The molecule has 1 unspecified atom stereocenters. The monoisotopic (exact) mass is 334 g/mol. The van der Waals surface area contributed by atoms with Crippen molar-refractivity contribution in [1.82, 2.24) is 10.5 Å². The first kappa shape index (κ1) is 15.6. The molecule has 0 bridgehead atoms. The molecule has 7 heteroatoms. The van der Waals surface area contributed by atoms with Gasteiger partial charge in [0.1, 0.15) is 5.76 Å². The van der Waals surface area contributed by atoms with Crippen molar-refractivity contribution >= 4 is 23.5 Å². The molecule has 6 nitrogen and oxygen atoms in total. The van der Waals surface area contributed by atoms with Crippen LogP contribution in [0.1, 0.15) is 53.0 Å². The van der Waals surface area contributed by atoms with Crippen molar-refractivity contribution in [2.24, 2.45) is 0 Å². The molecule has 23 heavy (non-hydrogen) atoms. The van der Waals surface area contributed by atoms with E-state index in [-0.39, 0.29) is 12.1 Å². The van der Waals surface area contributed by atoms with Gasteiger partial charge in [0.2, 0.25) is 0 Å². The van der Waals surface area contributed by atoms with Gasteiger partial charge in [-0.3, -0.25) is 9.59 Å². The number of carboxylic acids is 1. The number of amides is 1. The van der Waals surface area contributed by atoms with Crippen molar-refractivity contribution in [3.05, 3.63) is 52.4 Å². The summed E-state index contributed by atoms with van der Waals surface area (Å²) in [4.78, 5) is 23.4. The first-order chi connectivity index (χ1) is 11.0. The molecule has 0 aliphatic heterocycles. The molecule has 0 radical (unpaired) electrons. The van der Waals surface area contributed by atoms with Crippen LogP contribution in [0.4, 0.5) is 0 Å². The van der Waals surface area contributed by atoms with Crippen molar-refractivity contribution in [2.45, 2.75) is 31.2 Å². The van der Waals surface area contributed by atoms with Crippen LogP contribution in [0, 0.1) is 0 Å². The second-order valence-electron chi connectivity index (χ2n) is 5.53. The summed E-state index contributed by atoms with van der Waals surface area (Å²) in [6.45, 7) is 0. The van der Waals surface area contributed by atoms with E-state index in [1.165, 1.54) is 0 Å². The molecular weight excluding hydrogens is 320 g/mol. The van der Waals surface area contributed by atoms with Crippen molar-refractivity contribution in [3.8, 4) is 0 Å². The summed E-state index contributed by atoms with van der Waals surface area (Å²) in [6.07, 6.45) is 1.80. The van der Waals surface area contributed by atoms with E-state index in [9.17, 15) is 9.59 Å². The number of halogens is 1. The Morgan fingerprint density at radius 2 is 2.13 bits per heavy atom. The Bertz CT molecular complexity index is 739. The number of nitrogens with zero attached hydrogens (tertiary/aromatic N) is 1. The van der Waals surface area contributed by atoms with Gasteiger partial charge in [0.05, 0.1) is 12.5 Å². The van der Waals surface area contributed by atoms with Crippen LogP contribution in [-0.4, -0.2) is 22.1 Å². The van der Waals surface area contributed by atoms with E-state index in [1.807, 2.05) is 0 Å². The Morgan fingerprint density at radius 1 is 1.39 bits per heavy atom. The highest BCUT2D eigenvalue weighted by atomic mass is 35.5. The third-order valence-corrected chi connectivity index (χ3v) is 4.05. The third kappa shape index (κ3) is 3.71. The molecule has 1 saturated carbocycles. The normalized spacial score (nSPS) is 15.2. The second-order valence-corrected chi connectivity index (χ2v) is 5.94. The average Bonchev–Trinajstić information content (AvgIpc) is 3.24.